The van der Waals surface area contributed by atoms with Gasteiger partial charge in [-0.25, -0.2) is 0 Å². The smallest absolute Gasteiger partial charge is 0.306 e. The molecule has 0 aliphatic rings. The molecule has 7 nitrogen and oxygen atoms in total. The van der Waals surface area contributed by atoms with E-state index in [-0.39, 0.29) is 18.0 Å². The zero-order valence-electron chi connectivity index (χ0n) is 38.3. The van der Waals surface area contributed by atoms with Crippen molar-refractivity contribution < 1.29 is 19.1 Å². The van der Waals surface area contributed by atoms with Gasteiger partial charge in [0, 0.05) is 26.4 Å². The van der Waals surface area contributed by atoms with Crippen LogP contribution in [0.4, 0.5) is 0 Å². The second-order valence-electron chi connectivity index (χ2n) is 16.7. The van der Waals surface area contributed by atoms with Crippen molar-refractivity contribution in [3.05, 3.63) is 11.9 Å². The number of nitrogens with zero attached hydrogens (tertiary/aromatic N) is 1. The lowest BCUT2D eigenvalue weighted by Crippen LogP contribution is -2.31. The zero-order chi connectivity index (χ0) is 41.0. The van der Waals surface area contributed by atoms with E-state index in [1.54, 1.807) is 0 Å². The number of unbranched alkanes of at least 4 members (excludes halogenated alkanes) is 24. The van der Waals surface area contributed by atoms with Crippen LogP contribution >= 0.6 is 0 Å². The summed E-state index contributed by atoms with van der Waals surface area (Å²) < 4.78 is 11.6. The summed E-state index contributed by atoms with van der Waals surface area (Å²) in [5, 5.41) is 6.69. The zero-order valence-corrected chi connectivity index (χ0v) is 38.3. The van der Waals surface area contributed by atoms with Gasteiger partial charge in [0.05, 0.1) is 12.4 Å². The van der Waals surface area contributed by atoms with Crippen LogP contribution in [0.25, 0.3) is 0 Å². The van der Waals surface area contributed by atoms with Crippen LogP contribution < -0.4 is 10.6 Å². The highest BCUT2D eigenvalue weighted by molar-refractivity contribution is 5.69. The van der Waals surface area contributed by atoms with E-state index in [1.807, 2.05) is 14.0 Å². The molecule has 56 heavy (non-hydrogen) atoms. The molecule has 0 atom stereocenters. The molecule has 0 saturated carbocycles. The molecule has 0 aromatic rings. The number of carbonyl (C=O) groups excluding carboxylic acids is 2. The summed E-state index contributed by atoms with van der Waals surface area (Å²) in [5.74, 6) is 1.08. The minimum absolute atomic E-state index is 0.0220. The number of allylic oxidation sites excluding steroid dienone is 1. The lowest BCUT2D eigenvalue weighted by molar-refractivity contribution is -0.150. The first-order valence-electron chi connectivity index (χ1n) is 24.7. The molecule has 0 aliphatic carbocycles. The average Bonchev–Trinajstić information content (AvgIpc) is 3.20. The van der Waals surface area contributed by atoms with E-state index in [2.05, 4.69) is 42.4 Å². The van der Waals surface area contributed by atoms with Crippen molar-refractivity contribution >= 4 is 11.9 Å². The standard InChI is InChI=1S/C49H97N3O4/c1-6-10-13-16-19-20-21-27-35-45-55-48(53)39-32-28-34-43-52(44-36-41-51-47(9-4)50-5)42-33-26-22-25-31-40-49(54)56-46(37-29-23-17-14-11-7-2)38-30-24-18-15-12-8-3/h9,46,50-51H,6-8,10-45H2,1-5H3/b47-9+. The predicted octanol–water partition coefficient (Wildman–Crippen LogP) is 13.7. The van der Waals surface area contributed by atoms with E-state index in [4.69, 9.17) is 9.47 Å². The summed E-state index contributed by atoms with van der Waals surface area (Å²) in [6.45, 7) is 13.7. The van der Waals surface area contributed by atoms with Crippen LogP contribution in [0.5, 0.6) is 0 Å². The van der Waals surface area contributed by atoms with Crippen LogP contribution in [-0.4, -0.2) is 62.8 Å². The Bertz CT molecular complexity index is 850. The second kappa shape index (κ2) is 44.3. The van der Waals surface area contributed by atoms with Crippen molar-refractivity contribution in [1.29, 1.82) is 0 Å². The molecule has 0 saturated heterocycles. The highest BCUT2D eigenvalue weighted by Crippen LogP contribution is 2.19. The molecule has 0 heterocycles. The minimum Gasteiger partial charge on any atom is -0.466 e. The molecule has 0 radical (unpaired) electrons. The number of nitrogens with one attached hydrogen (secondary N) is 2. The minimum atomic E-state index is -0.0220. The van der Waals surface area contributed by atoms with E-state index < -0.39 is 0 Å². The van der Waals surface area contributed by atoms with E-state index in [9.17, 15) is 9.59 Å². The molecule has 0 amide bonds. The van der Waals surface area contributed by atoms with Crippen LogP contribution in [0.1, 0.15) is 246 Å². The molecule has 0 unspecified atom stereocenters. The molecule has 0 bridgehead atoms. The Morgan fingerprint density at radius 3 is 1.43 bits per heavy atom. The molecule has 0 spiro atoms. The van der Waals surface area contributed by atoms with Crippen LogP contribution in [0.2, 0.25) is 0 Å². The van der Waals surface area contributed by atoms with Crippen molar-refractivity contribution in [3.63, 3.8) is 0 Å². The number of hydrogen-bond donors (Lipinski definition) is 2. The van der Waals surface area contributed by atoms with E-state index in [0.29, 0.717) is 19.4 Å². The Labute approximate surface area is 349 Å². The van der Waals surface area contributed by atoms with Crippen molar-refractivity contribution in [2.75, 3.05) is 39.8 Å². The molecule has 0 rings (SSSR count). The van der Waals surface area contributed by atoms with E-state index in [1.165, 1.54) is 148 Å². The van der Waals surface area contributed by atoms with Crippen molar-refractivity contribution in [2.45, 2.75) is 252 Å². The third-order valence-corrected chi connectivity index (χ3v) is 11.3. The van der Waals surface area contributed by atoms with Gasteiger partial charge in [0.1, 0.15) is 6.10 Å². The number of ether oxygens (including phenoxy) is 2. The summed E-state index contributed by atoms with van der Waals surface area (Å²) in [6.07, 6.45) is 42.1. The maximum atomic E-state index is 12.8. The summed E-state index contributed by atoms with van der Waals surface area (Å²) in [7, 11) is 1.95. The van der Waals surface area contributed by atoms with E-state index >= 15 is 0 Å². The SMILES string of the molecule is C/C=C(\NC)NCCCN(CCCCCCCC(=O)OC(CCCCCCCC)CCCCCCCC)CCCCCC(=O)OCCCCCCCCCCC. The third kappa shape index (κ3) is 39.1. The molecule has 0 fully saturated rings. The average molecular weight is 792 g/mol. The maximum Gasteiger partial charge on any atom is 0.306 e. The number of rotatable bonds is 45. The Morgan fingerprint density at radius 2 is 0.929 bits per heavy atom. The van der Waals surface area contributed by atoms with Crippen LogP contribution in [0, 0.1) is 0 Å². The summed E-state index contributed by atoms with van der Waals surface area (Å²) >= 11 is 0. The number of hydrogen-bond acceptors (Lipinski definition) is 7. The fourth-order valence-corrected chi connectivity index (χ4v) is 7.60. The Kier molecular flexibility index (Phi) is 43.0. The summed E-state index contributed by atoms with van der Waals surface area (Å²) in [6, 6.07) is 0. The topological polar surface area (TPSA) is 79.9 Å². The van der Waals surface area contributed by atoms with Gasteiger partial charge in [0.15, 0.2) is 0 Å². The third-order valence-electron chi connectivity index (χ3n) is 11.3. The van der Waals surface area contributed by atoms with Gasteiger partial charge in [-0.05, 0) is 96.8 Å². The lowest BCUT2D eigenvalue weighted by Gasteiger charge is -2.23. The van der Waals surface area contributed by atoms with Crippen molar-refractivity contribution in [3.8, 4) is 0 Å². The Hall–Kier alpha value is -1.76. The molecule has 0 aromatic heterocycles. The van der Waals surface area contributed by atoms with Gasteiger partial charge in [0.2, 0.25) is 0 Å². The highest BCUT2D eigenvalue weighted by Gasteiger charge is 2.14. The summed E-state index contributed by atoms with van der Waals surface area (Å²) in [4.78, 5) is 27.7. The summed E-state index contributed by atoms with van der Waals surface area (Å²) in [5.41, 5.74) is 0. The van der Waals surface area contributed by atoms with Gasteiger partial charge in [-0.3, -0.25) is 9.59 Å². The van der Waals surface area contributed by atoms with Gasteiger partial charge in [0.25, 0.3) is 0 Å². The quantitative estimate of drug-likeness (QED) is 0.0469. The van der Waals surface area contributed by atoms with Gasteiger partial charge in [-0.2, -0.15) is 0 Å². The monoisotopic (exact) mass is 792 g/mol. The molecular formula is C49H97N3O4. The maximum absolute atomic E-state index is 12.8. The molecule has 332 valence electrons. The Morgan fingerprint density at radius 1 is 0.518 bits per heavy atom. The molecular weight excluding hydrogens is 695 g/mol. The van der Waals surface area contributed by atoms with Crippen LogP contribution in [0.3, 0.4) is 0 Å². The lowest BCUT2D eigenvalue weighted by atomic mass is 10.0. The van der Waals surface area contributed by atoms with Gasteiger partial charge < -0.3 is 25.0 Å². The van der Waals surface area contributed by atoms with Crippen LogP contribution in [0.15, 0.2) is 11.9 Å². The fraction of sp³-hybridized carbons (Fsp3) is 0.918. The molecule has 2 N–H and O–H groups in total. The fourth-order valence-electron chi connectivity index (χ4n) is 7.60. The van der Waals surface area contributed by atoms with Gasteiger partial charge in [-0.15, -0.1) is 0 Å². The number of esters is 2. The van der Waals surface area contributed by atoms with Gasteiger partial charge >= 0.3 is 11.9 Å². The van der Waals surface area contributed by atoms with Crippen LogP contribution in [-0.2, 0) is 19.1 Å². The first-order chi connectivity index (χ1) is 27.5. The van der Waals surface area contributed by atoms with Crippen molar-refractivity contribution in [1.82, 2.24) is 15.5 Å². The molecule has 7 heteroatoms. The largest absolute Gasteiger partial charge is 0.466 e. The van der Waals surface area contributed by atoms with Gasteiger partial charge in [-0.1, -0.05) is 162 Å². The molecule has 0 aromatic carbocycles. The first kappa shape index (κ1) is 54.2. The highest BCUT2D eigenvalue weighted by atomic mass is 16.5. The number of carbonyl (C=O) groups is 2. The normalized spacial score (nSPS) is 11.8. The predicted molar refractivity (Wildman–Crippen MR) is 242 cm³/mol. The Balaban J connectivity index is 4.37. The first-order valence-corrected chi connectivity index (χ1v) is 24.7. The van der Waals surface area contributed by atoms with Crippen molar-refractivity contribution in [2.24, 2.45) is 0 Å². The van der Waals surface area contributed by atoms with E-state index in [0.717, 1.165) is 89.8 Å². The second-order valence-corrected chi connectivity index (χ2v) is 16.7. The molecule has 0 aliphatic heterocycles.